The smallest absolute Gasteiger partial charge is 0.289 e. The van der Waals surface area contributed by atoms with Crippen molar-refractivity contribution in [2.24, 2.45) is 5.10 Å². The average molecular weight is 380 g/mol. The maximum absolute atomic E-state index is 12.3. The number of rotatable bonds is 7. The highest BCUT2D eigenvalue weighted by atomic mass is 16.5. The fourth-order valence-electron chi connectivity index (χ4n) is 2.53. The Hall–Kier alpha value is -3.81. The molecule has 0 unspecified atom stereocenters. The second-order valence-electron chi connectivity index (χ2n) is 5.71. The number of methoxy groups -OCH3 is 3. The number of nitrogens with one attached hydrogen (secondary N) is 2. The predicted octanol–water partition coefficient (Wildman–Crippen LogP) is 2.87. The van der Waals surface area contributed by atoms with Crippen molar-refractivity contribution in [3.05, 3.63) is 59.8 Å². The SMILES string of the molecule is COc1cccc(/C=N/NC(=O)c2cc(-c3ccc(OC)c(OC)c3)n[nH]2)c1. The number of nitrogens with zero attached hydrogens (tertiary/aromatic N) is 2. The van der Waals surface area contributed by atoms with Crippen LogP contribution in [-0.2, 0) is 0 Å². The molecule has 0 saturated heterocycles. The van der Waals surface area contributed by atoms with Crippen molar-refractivity contribution >= 4 is 12.1 Å². The first kappa shape index (κ1) is 19.0. The highest BCUT2D eigenvalue weighted by Crippen LogP contribution is 2.31. The quantitative estimate of drug-likeness (QED) is 0.485. The molecule has 0 radical (unpaired) electrons. The highest BCUT2D eigenvalue weighted by molar-refractivity contribution is 5.94. The van der Waals surface area contributed by atoms with Gasteiger partial charge in [0.15, 0.2) is 11.5 Å². The Morgan fingerprint density at radius 3 is 2.61 bits per heavy atom. The van der Waals surface area contributed by atoms with Gasteiger partial charge in [-0.1, -0.05) is 12.1 Å². The van der Waals surface area contributed by atoms with Gasteiger partial charge in [-0.3, -0.25) is 9.89 Å². The van der Waals surface area contributed by atoms with Crippen molar-refractivity contribution in [2.45, 2.75) is 0 Å². The van der Waals surface area contributed by atoms with Crippen LogP contribution in [0.5, 0.6) is 17.2 Å². The van der Waals surface area contributed by atoms with Crippen molar-refractivity contribution in [2.75, 3.05) is 21.3 Å². The summed E-state index contributed by atoms with van der Waals surface area (Å²) in [6.45, 7) is 0. The van der Waals surface area contributed by atoms with Crippen LogP contribution in [0.3, 0.4) is 0 Å². The van der Waals surface area contributed by atoms with Gasteiger partial charge in [-0.2, -0.15) is 10.2 Å². The van der Waals surface area contributed by atoms with Crippen LogP contribution >= 0.6 is 0 Å². The Labute approximate surface area is 162 Å². The van der Waals surface area contributed by atoms with E-state index in [4.69, 9.17) is 14.2 Å². The zero-order valence-electron chi connectivity index (χ0n) is 15.7. The number of aromatic amines is 1. The molecule has 0 saturated carbocycles. The first-order valence-electron chi connectivity index (χ1n) is 8.40. The summed E-state index contributed by atoms with van der Waals surface area (Å²) < 4.78 is 15.7. The molecule has 0 atom stereocenters. The second-order valence-corrected chi connectivity index (χ2v) is 5.71. The molecule has 1 aromatic heterocycles. The third-order valence-electron chi connectivity index (χ3n) is 3.98. The average Bonchev–Trinajstić information content (AvgIpc) is 3.23. The standard InChI is InChI=1S/C20H20N4O4/c1-26-15-6-4-5-13(9-15)12-21-24-20(25)17-11-16(22-23-17)14-7-8-18(27-2)19(10-14)28-3/h4-12H,1-3H3,(H,22,23)(H,24,25)/b21-12+. The number of aromatic nitrogens is 2. The summed E-state index contributed by atoms with van der Waals surface area (Å²) in [5, 5.41) is 10.8. The molecule has 8 heteroatoms. The van der Waals surface area contributed by atoms with Crippen LogP contribution in [0.15, 0.2) is 53.6 Å². The van der Waals surface area contributed by atoms with Gasteiger partial charge in [0.25, 0.3) is 5.91 Å². The highest BCUT2D eigenvalue weighted by Gasteiger charge is 2.12. The van der Waals surface area contributed by atoms with Gasteiger partial charge in [-0.05, 0) is 42.0 Å². The van der Waals surface area contributed by atoms with Crippen LogP contribution in [0.1, 0.15) is 16.1 Å². The first-order valence-corrected chi connectivity index (χ1v) is 8.40. The van der Waals surface area contributed by atoms with Gasteiger partial charge in [-0.25, -0.2) is 5.43 Å². The largest absolute Gasteiger partial charge is 0.497 e. The van der Waals surface area contributed by atoms with E-state index >= 15 is 0 Å². The molecule has 0 aliphatic heterocycles. The zero-order chi connectivity index (χ0) is 19.9. The molecule has 3 rings (SSSR count). The molecule has 3 aromatic rings. The maximum atomic E-state index is 12.3. The van der Waals surface area contributed by atoms with Gasteiger partial charge >= 0.3 is 0 Å². The fraction of sp³-hybridized carbons (Fsp3) is 0.150. The molecule has 1 amide bonds. The van der Waals surface area contributed by atoms with Crippen LogP contribution in [0, 0.1) is 0 Å². The summed E-state index contributed by atoms with van der Waals surface area (Å²) in [5.74, 6) is 1.50. The number of hydrazone groups is 1. The minimum absolute atomic E-state index is 0.285. The molecule has 2 N–H and O–H groups in total. The molecule has 1 heterocycles. The van der Waals surface area contributed by atoms with Crippen molar-refractivity contribution in [3.63, 3.8) is 0 Å². The molecule has 0 aliphatic rings. The van der Waals surface area contributed by atoms with E-state index in [0.29, 0.717) is 22.9 Å². The van der Waals surface area contributed by atoms with E-state index in [0.717, 1.165) is 11.1 Å². The number of hydrogen-bond acceptors (Lipinski definition) is 6. The van der Waals surface area contributed by atoms with Crippen LogP contribution < -0.4 is 19.6 Å². The number of H-pyrrole nitrogens is 1. The third-order valence-corrected chi connectivity index (χ3v) is 3.98. The number of ether oxygens (including phenoxy) is 3. The molecule has 0 fully saturated rings. The second kappa shape index (κ2) is 8.72. The molecule has 144 valence electrons. The van der Waals surface area contributed by atoms with E-state index in [-0.39, 0.29) is 5.69 Å². The summed E-state index contributed by atoms with van der Waals surface area (Å²) in [5.41, 5.74) is 4.94. The Morgan fingerprint density at radius 2 is 1.86 bits per heavy atom. The van der Waals surface area contributed by atoms with Crippen molar-refractivity contribution in [3.8, 4) is 28.5 Å². The van der Waals surface area contributed by atoms with Crippen LogP contribution in [0.4, 0.5) is 0 Å². The lowest BCUT2D eigenvalue weighted by atomic mass is 10.1. The number of carbonyl (C=O) groups excluding carboxylic acids is 1. The summed E-state index contributed by atoms with van der Waals surface area (Å²) in [6, 6.07) is 14.4. The van der Waals surface area contributed by atoms with E-state index in [1.807, 2.05) is 24.3 Å². The minimum atomic E-state index is -0.404. The predicted molar refractivity (Wildman–Crippen MR) is 105 cm³/mol. The van der Waals surface area contributed by atoms with Crippen molar-refractivity contribution in [1.82, 2.24) is 15.6 Å². The topological polar surface area (TPSA) is 97.8 Å². The van der Waals surface area contributed by atoms with Gasteiger partial charge in [0.05, 0.1) is 33.2 Å². The normalized spacial score (nSPS) is 10.7. The van der Waals surface area contributed by atoms with E-state index in [1.165, 1.54) is 6.21 Å². The lowest BCUT2D eigenvalue weighted by Crippen LogP contribution is -2.18. The summed E-state index contributed by atoms with van der Waals surface area (Å²) in [7, 11) is 4.72. The lowest BCUT2D eigenvalue weighted by molar-refractivity contribution is 0.0950. The summed E-state index contributed by atoms with van der Waals surface area (Å²) in [6.07, 6.45) is 1.53. The van der Waals surface area contributed by atoms with Gasteiger partial charge in [0.1, 0.15) is 11.4 Å². The molecule has 0 spiro atoms. The van der Waals surface area contributed by atoms with Gasteiger partial charge < -0.3 is 14.2 Å². The Kier molecular flexibility index (Phi) is 5.91. The monoisotopic (exact) mass is 380 g/mol. The van der Waals surface area contributed by atoms with E-state index in [1.54, 1.807) is 45.6 Å². The first-order chi connectivity index (χ1) is 13.6. The number of hydrogen-bond donors (Lipinski definition) is 2. The Bertz CT molecular complexity index is 997. The molecule has 8 nitrogen and oxygen atoms in total. The van der Waals surface area contributed by atoms with Gasteiger partial charge in [0, 0.05) is 5.56 Å². The number of benzene rings is 2. The zero-order valence-corrected chi connectivity index (χ0v) is 15.7. The maximum Gasteiger partial charge on any atom is 0.289 e. The molecular formula is C20H20N4O4. The van der Waals surface area contributed by atoms with E-state index < -0.39 is 5.91 Å². The number of amides is 1. The van der Waals surface area contributed by atoms with Crippen molar-refractivity contribution in [1.29, 1.82) is 0 Å². The fourth-order valence-corrected chi connectivity index (χ4v) is 2.53. The van der Waals surface area contributed by atoms with E-state index in [2.05, 4.69) is 20.7 Å². The summed E-state index contributed by atoms with van der Waals surface area (Å²) >= 11 is 0. The third kappa shape index (κ3) is 4.29. The van der Waals surface area contributed by atoms with Gasteiger partial charge in [-0.15, -0.1) is 0 Å². The van der Waals surface area contributed by atoms with Gasteiger partial charge in [0.2, 0.25) is 0 Å². The minimum Gasteiger partial charge on any atom is -0.497 e. The van der Waals surface area contributed by atoms with Crippen LogP contribution in [-0.4, -0.2) is 43.6 Å². The Balaban J connectivity index is 1.69. The number of carbonyl (C=O) groups is 1. The molecular weight excluding hydrogens is 360 g/mol. The Morgan fingerprint density at radius 1 is 1.04 bits per heavy atom. The van der Waals surface area contributed by atoms with Crippen LogP contribution in [0.2, 0.25) is 0 Å². The molecule has 0 bridgehead atoms. The lowest BCUT2D eigenvalue weighted by Gasteiger charge is -2.08. The summed E-state index contributed by atoms with van der Waals surface area (Å²) in [4.78, 5) is 12.3. The molecule has 0 aliphatic carbocycles. The molecule has 2 aromatic carbocycles. The van der Waals surface area contributed by atoms with E-state index in [9.17, 15) is 4.79 Å². The molecule has 28 heavy (non-hydrogen) atoms. The van der Waals surface area contributed by atoms with Crippen LogP contribution in [0.25, 0.3) is 11.3 Å². The van der Waals surface area contributed by atoms with Crippen molar-refractivity contribution < 1.29 is 19.0 Å².